The van der Waals surface area contributed by atoms with Gasteiger partial charge in [-0.2, -0.15) is 0 Å². The van der Waals surface area contributed by atoms with E-state index in [4.69, 9.17) is 10.5 Å². The Bertz CT molecular complexity index is 315. The fourth-order valence-corrected chi connectivity index (χ4v) is 2.43. The highest BCUT2D eigenvalue weighted by Crippen LogP contribution is 2.17. The van der Waals surface area contributed by atoms with Gasteiger partial charge >= 0.3 is 0 Å². The molecule has 2 rings (SSSR count). The topological polar surface area (TPSA) is 51.4 Å². The van der Waals surface area contributed by atoms with E-state index in [1.165, 1.54) is 11.3 Å². The molecule has 1 aliphatic rings. The molecule has 1 aromatic heterocycles. The van der Waals surface area contributed by atoms with Crippen molar-refractivity contribution in [1.29, 1.82) is 0 Å². The molecule has 4 nitrogen and oxygen atoms in total. The molecule has 2 heterocycles. The minimum absolute atomic E-state index is 0.529. The van der Waals surface area contributed by atoms with Crippen molar-refractivity contribution in [3.8, 4) is 0 Å². The van der Waals surface area contributed by atoms with Crippen LogP contribution >= 0.6 is 11.3 Å². The van der Waals surface area contributed by atoms with Crippen LogP contribution < -0.4 is 5.73 Å². The second kappa shape index (κ2) is 4.92. The second-order valence-electron chi connectivity index (χ2n) is 3.78. The van der Waals surface area contributed by atoms with Gasteiger partial charge in [0, 0.05) is 24.5 Å². The summed E-state index contributed by atoms with van der Waals surface area (Å²) in [6.45, 7) is 5.76. The van der Waals surface area contributed by atoms with Crippen LogP contribution in [0.4, 0.5) is 5.13 Å². The molecule has 0 saturated carbocycles. The van der Waals surface area contributed by atoms with Crippen LogP contribution in [0.1, 0.15) is 19.0 Å². The number of thiazole rings is 1. The number of aromatic nitrogens is 1. The third-order valence-corrected chi connectivity index (χ3v) is 3.48. The lowest BCUT2D eigenvalue weighted by atomic mass is 10.1. The number of morpholine rings is 1. The van der Waals surface area contributed by atoms with Crippen LogP contribution in [0.15, 0.2) is 5.38 Å². The molecule has 0 aliphatic carbocycles. The van der Waals surface area contributed by atoms with Gasteiger partial charge in [0.2, 0.25) is 0 Å². The van der Waals surface area contributed by atoms with E-state index in [2.05, 4.69) is 16.8 Å². The Balaban J connectivity index is 1.97. The van der Waals surface area contributed by atoms with Crippen LogP contribution in [0.25, 0.3) is 0 Å². The van der Waals surface area contributed by atoms with Crippen molar-refractivity contribution in [2.75, 3.05) is 25.5 Å². The second-order valence-corrected chi connectivity index (χ2v) is 4.67. The van der Waals surface area contributed by atoms with Crippen LogP contribution in [0.5, 0.6) is 0 Å². The highest BCUT2D eigenvalue weighted by Gasteiger charge is 2.21. The molecule has 5 heteroatoms. The predicted octanol–water partition coefficient (Wildman–Crippen LogP) is 1.34. The predicted molar refractivity (Wildman–Crippen MR) is 61.8 cm³/mol. The zero-order chi connectivity index (χ0) is 10.7. The number of hydrogen-bond donors (Lipinski definition) is 1. The van der Waals surface area contributed by atoms with Gasteiger partial charge in [-0.05, 0) is 6.42 Å². The largest absolute Gasteiger partial charge is 0.378 e. The number of ether oxygens (including phenoxy) is 1. The lowest BCUT2D eigenvalue weighted by molar-refractivity contribution is -0.0131. The number of nitrogens with zero attached hydrogens (tertiary/aromatic N) is 2. The number of rotatable bonds is 3. The van der Waals surface area contributed by atoms with E-state index in [1.807, 2.05) is 5.38 Å². The number of hydrogen-bond acceptors (Lipinski definition) is 5. The van der Waals surface area contributed by atoms with Crippen molar-refractivity contribution in [2.45, 2.75) is 25.9 Å². The van der Waals surface area contributed by atoms with Gasteiger partial charge in [-0.15, -0.1) is 11.3 Å². The lowest BCUT2D eigenvalue weighted by Gasteiger charge is -2.34. The monoisotopic (exact) mass is 227 g/mol. The van der Waals surface area contributed by atoms with Crippen molar-refractivity contribution in [3.63, 3.8) is 0 Å². The van der Waals surface area contributed by atoms with Crippen LogP contribution in [0.3, 0.4) is 0 Å². The van der Waals surface area contributed by atoms with Crippen molar-refractivity contribution in [2.24, 2.45) is 0 Å². The maximum atomic E-state index is 5.62. The quantitative estimate of drug-likeness (QED) is 0.846. The highest BCUT2D eigenvalue weighted by molar-refractivity contribution is 7.13. The van der Waals surface area contributed by atoms with Crippen LogP contribution in [0.2, 0.25) is 0 Å². The zero-order valence-corrected chi connectivity index (χ0v) is 9.80. The third-order valence-electron chi connectivity index (χ3n) is 2.76. The SMILES string of the molecule is CCC1COCCN1Cc1csc(N)n1. The first kappa shape index (κ1) is 10.9. The summed E-state index contributed by atoms with van der Waals surface area (Å²) in [7, 11) is 0. The number of nitrogens with two attached hydrogens (primary N) is 1. The van der Waals surface area contributed by atoms with Crippen molar-refractivity contribution < 1.29 is 4.74 Å². The Morgan fingerprint density at radius 3 is 3.27 bits per heavy atom. The van der Waals surface area contributed by atoms with Crippen molar-refractivity contribution in [1.82, 2.24) is 9.88 Å². The first-order chi connectivity index (χ1) is 7.29. The summed E-state index contributed by atoms with van der Waals surface area (Å²) in [5, 5.41) is 2.70. The summed E-state index contributed by atoms with van der Waals surface area (Å²) in [4.78, 5) is 6.72. The van der Waals surface area contributed by atoms with E-state index >= 15 is 0 Å². The van der Waals surface area contributed by atoms with Gasteiger partial charge in [0.05, 0.1) is 18.9 Å². The minimum atomic E-state index is 0.529. The van der Waals surface area contributed by atoms with Crippen LogP contribution in [-0.2, 0) is 11.3 Å². The van der Waals surface area contributed by atoms with E-state index in [0.717, 1.165) is 38.4 Å². The first-order valence-electron chi connectivity index (χ1n) is 5.31. The van der Waals surface area contributed by atoms with Crippen molar-refractivity contribution >= 4 is 16.5 Å². The molecule has 2 N–H and O–H groups in total. The molecule has 1 aromatic rings. The number of anilines is 1. The van der Waals surface area contributed by atoms with Gasteiger partial charge in [0.15, 0.2) is 5.13 Å². The standard InChI is InChI=1S/C10H17N3OS/c1-2-9-6-14-4-3-13(9)5-8-7-15-10(11)12-8/h7,9H,2-6H2,1H3,(H2,11,12). The van der Waals surface area contributed by atoms with Gasteiger partial charge in [-0.25, -0.2) is 4.98 Å². The fraction of sp³-hybridized carbons (Fsp3) is 0.700. The van der Waals surface area contributed by atoms with Gasteiger partial charge in [0.25, 0.3) is 0 Å². The Kier molecular flexibility index (Phi) is 3.56. The molecule has 1 aliphatic heterocycles. The zero-order valence-electron chi connectivity index (χ0n) is 8.98. The summed E-state index contributed by atoms with van der Waals surface area (Å²) in [6.07, 6.45) is 1.12. The summed E-state index contributed by atoms with van der Waals surface area (Å²) >= 11 is 1.51. The molecule has 0 aromatic carbocycles. The molecule has 84 valence electrons. The molecule has 1 saturated heterocycles. The smallest absolute Gasteiger partial charge is 0.180 e. The van der Waals surface area contributed by atoms with Gasteiger partial charge < -0.3 is 10.5 Å². The van der Waals surface area contributed by atoms with Gasteiger partial charge in [-0.3, -0.25) is 4.90 Å². The molecule has 15 heavy (non-hydrogen) atoms. The molecular formula is C10H17N3OS. The van der Waals surface area contributed by atoms with E-state index in [1.54, 1.807) is 0 Å². The van der Waals surface area contributed by atoms with E-state index in [0.29, 0.717) is 11.2 Å². The van der Waals surface area contributed by atoms with E-state index < -0.39 is 0 Å². The Labute approximate surface area is 94.1 Å². The molecule has 1 atom stereocenters. The average molecular weight is 227 g/mol. The molecular weight excluding hydrogens is 210 g/mol. The average Bonchev–Trinajstić information content (AvgIpc) is 2.65. The normalized spacial score (nSPS) is 23.1. The summed E-state index contributed by atoms with van der Waals surface area (Å²) in [6, 6.07) is 0.529. The van der Waals surface area contributed by atoms with Crippen LogP contribution in [-0.4, -0.2) is 35.7 Å². The van der Waals surface area contributed by atoms with Gasteiger partial charge in [0.1, 0.15) is 0 Å². The van der Waals surface area contributed by atoms with Gasteiger partial charge in [-0.1, -0.05) is 6.92 Å². The Morgan fingerprint density at radius 1 is 1.73 bits per heavy atom. The highest BCUT2D eigenvalue weighted by atomic mass is 32.1. The molecule has 0 amide bonds. The van der Waals surface area contributed by atoms with Crippen molar-refractivity contribution in [3.05, 3.63) is 11.1 Å². The fourth-order valence-electron chi connectivity index (χ4n) is 1.88. The minimum Gasteiger partial charge on any atom is -0.378 e. The Morgan fingerprint density at radius 2 is 2.60 bits per heavy atom. The summed E-state index contributed by atoms with van der Waals surface area (Å²) in [5.41, 5.74) is 6.70. The molecule has 1 unspecified atom stereocenters. The maximum absolute atomic E-state index is 5.62. The first-order valence-corrected chi connectivity index (χ1v) is 6.19. The van der Waals surface area contributed by atoms with Crippen LogP contribution in [0, 0.1) is 0 Å². The Hall–Kier alpha value is -0.650. The van der Waals surface area contributed by atoms with E-state index in [9.17, 15) is 0 Å². The van der Waals surface area contributed by atoms with E-state index in [-0.39, 0.29) is 0 Å². The molecule has 0 radical (unpaired) electrons. The molecule has 0 bridgehead atoms. The lowest BCUT2D eigenvalue weighted by Crippen LogP contribution is -2.44. The third kappa shape index (κ3) is 2.68. The maximum Gasteiger partial charge on any atom is 0.180 e. The number of nitrogen functional groups attached to an aromatic ring is 1. The molecule has 1 fully saturated rings. The summed E-state index contributed by atoms with van der Waals surface area (Å²) in [5.74, 6) is 0. The summed E-state index contributed by atoms with van der Waals surface area (Å²) < 4.78 is 5.46. The molecule has 0 spiro atoms.